The van der Waals surface area contributed by atoms with Gasteiger partial charge in [0.1, 0.15) is 5.69 Å². The lowest BCUT2D eigenvalue weighted by Crippen LogP contribution is -2.14. The zero-order valence-electron chi connectivity index (χ0n) is 9.96. The molecule has 1 aromatic rings. The van der Waals surface area contributed by atoms with Gasteiger partial charge in [-0.15, -0.1) is 0 Å². The van der Waals surface area contributed by atoms with Gasteiger partial charge >= 0.3 is 0 Å². The summed E-state index contributed by atoms with van der Waals surface area (Å²) in [4.78, 5) is 12.3. The van der Waals surface area contributed by atoms with Gasteiger partial charge < -0.3 is 0 Å². The van der Waals surface area contributed by atoms with Gasteiger partial charge in [-0.2, -0.15) is 5.10 Å². The van der Waals surface area contributed by atoms with E-state index in [-0.39, 0.29) is 17.1 Å². The first-order chi connectivity index (χ1) is 7.47. The van der Waals surface area contributed by atoms with Crippen LogP contribution < -0.4 is 0 Å². The SMILES string of the molecule is CCCn1ncc(Br)c1C(=O)C1CC1(C)C. The van der Waals surface area contributed by atoms with Crippen LogP contribution in [0.4, 0.5) is 0 Å². The number of hydrogen-bond acceptors (Lipinski definition) is 2. The van der Waals surface area contributed by atoms with Crippen molar-refractivity contribution in [2.75, 3.05) is 0 Å². The average Bonchev–Trinajstić information content (AvgIpc) is 2.68. The lowest BCUT2D eigenvalue weighted by molar-refractivity contribution is 0.0941. The molecule has 88 valence electrons. The molecule has 1 saturated carbocycles. The molecule has 1 aliphatic carbocycles. The van der Waals surface area contributed by atoms with Crippen LogP contribution in [0.25, 0.3) is 0 Å². The molecule has 1 aliphatic rings. The Balaban J connectivity index is 2.26. The average molecular weight is 285 g/mol. The Kier molecular flexibility index (Phi) is 2.95. The highest BCUT2D eigenvalue weighted by Crippen LogP contribution is 2.53. The number of rotatable bonds is 4. The summed E-state index contributed by atoms with van der Waals surface area (Å²) >= 11 is 3.42. The first kappa shape index (κ1) is 11.8. The van der Waals surface area contributed by atoms with E-state index < -0.39 is 0 Å². The maximum absolute atomic E-state index is 12.3. The third-order valence-electron chi connectivity index (χ3n) is 3.29. The molecule has 1 unspecified atom stereocenters. The molecule has 2 rings (SSSR count). The lowest BCUT2D eigenvalue weighted by Gasteiger charge is -2.07. The van der Waals surface area contributed by atoms with Gasteiger partial charge in [0.05, 0.1) is 10.7 Å². The number of hydrogen-bond donors (Lipinski definition) is 0. The summed E-state index contributed by atoms with van der Waals surface area (Å²) in [5.74, 6) is 0.416. The molecule has 1 fully saturated rings. The van der Waals surface area contributed by atoms with Crippen LogP contribution in [-0.4, -0.2) is 15.6 Å². The van der Waals surface area contributed by atoms with E-state index in [1.54, 1.807) is 6.20 Å². The van der Waals surface area contributed by atoms with Crippen molar-refractivity contribution in [1.82, 2.24) is 9.78 Å². The molecule has 0 aromatic carbocycles. The Hall–Kier alpha value is -0.640. The predicted octanol–water partition coefficient (Wildman–Crippen LogP) is 3.28. The lowest BCUT2D eigenvalue weighted by atomic mass is 10.1. The van der Waals surface area contributed by atoms with Crippen molar-refractivity contribution in [3.05, 3.63) is 16.4 Å². The van der Waals surface area contributed by atoms with Gasteiger partial charge in [0.15, 0.2) is 5.78 Å². The molecule has 0 N–H and O–H groups in total. The summed E-state index contributed by atoms with van der Waals surface area (Å²) < 4.78 is 2.65. The van der Waals surface area contributed by atoms with E-state index in [2.05, 4.69) is 41.8 Å². The minimum Gasteiger partial charge on any atom is -0.292 e. The maximum Gasteiger partial charge on any atom is 0.185 e. The predicted molar refractivity (Wildman–Crippen MR) is 66.4 cm³/mol. The van der Waals surface area contributed by atoms with E-state index >= 15 is 0 Å². The second kappa shape index (κ2) is 3.99. The van der Waals surface area contributed by atoms with Gasteiger partial charge in [0.25, 0.3) is 0 Å². The molecule has 0 bridgehead atoms. The smallest absolute Gasteiger partial charge is 0.185 e. The molecule has 16 heavy (non-hydrogen) atoms. The summed E-state index contributed by atoms with van der Waals surface area (Å²) in [6.07, 6.45) is 3.70. The van der Waals surface area contributed by atoms with Crippen molar-refractivity contribution in [1.29, 1.82) is 0 Å². The van der Waals surface area contributed by atoms with E-state index in [1.165, 1.54) is 0 Å². The van der Waals surface area contributed by atoms with Gasteiger partial charge in [-0.25, -0.2) is 0 Å². The number of nitrogens with zero attached hydrogens (tertiary/aromatic N) is 2. The molecule has 3 nitrogen and oxygen atoms in total. The Labute approximate surface area is 104 Å². The molecule has 0 spiro atoms. The number of halogens is 1. The largest absolute Gasteiger partial charge is 0.292 e. The summed E-state index contributed by atoms with van der Waals surface area (Å²) in [5, 5.41) is 4.23. The highest BCUT2D eigenvalue weighted by atomic mass is 79.9. The van der Waals surface area contributed by atoms with Crippen LogP contribution in [0.5, 0.6) is 0 Å². The zero-order chi connectivity index (χ0) is 11.9. The quantitative estimate of drug-likeness (QED) is 0.796. The minimum absolute atomic E-state index is 0.177. The number of aryl methyl sites for hydroxylation is 1. The van der Waals surface area contributed by atoms with Crippen LogP contribution in [0.15, 0.2) is 10.7 Å². The van der Waals surface area contributed by atoms with E-state index in [9.17, 15) is 4.79 Å². The van der Waals surface area contributed by atoms with Crippen molar-refractivity contribution in [3.63, 3.8) is 0 Å². The van der Waals surface area contributed by atoms with Gasteiger partial charge in [-0.1, -0.05) is 20.8 Å². The van der Waals surface area contributed by atoms with Gasteiger partial charge in [0.2, 0.25) is 0 Å². The molecule has 0 amide bonds. The molecule has 0 aliphatic heterocycles. The van der Waals surface area contributed by atoms with Crippen molar-refractivity contribution < 1.29 is 4.79 Å². The van der Waals surface area contributed by atoms with Crippen LogP contribution in [0.2, 0.25) is 0 Å². The van der Waals surface area contributed by atoms with Crippen LogP contribution >= 0.6 is 15.9 Å². The third-order valence-corrected chi connectivity index (χ3v) is 3.87. The molecule has 4 heteroatoms. The third kappa shape index (κ3) is 1.95. The number of carbonyl (C=O) groups excluding carboxylic acids is 1. The fourth-order valence-electron chi connectivity index (χ4n) is 2.07. The van der Waals surface area contributed by atoms with Crippen LogP contribution in [0, 0.1) is 11.3 Å². The monoisotopic (exact) mass is 284 g/mol. The van der Waals surface area contributed by atoms with E-state index in [1.807, 2.05) is 4.68 Å². The molecule has 1 atom stereocenters. The molecule has 0 saturated heterocycles. The summed E-state index contributed by atoms with van der Waals surface area (Å²) in [6, 6.07) is 0. The second-order valence-electron chi connectivity index (χ2n) is 5.17. The highest BCUT2D eigenvalue weighted by Gasteiger charge is 2.51. The molecule has 1 heterocycles. The van der Waals surface area contributed by atoms with Gasteiger partial charge in [-0.05, 0) is 34.2 Å². The normalized spacial score (nSPS) is 22.1. The maximum atomic E-state index is 12.3. The minimum atomic E-state index is 0.177. The first-order valence-corrected chi connectivity index (χ1v) is 6.52. The van der Waals surface area contributed by atoms with E-state index in [0.717, 1.165) is 29.6 Å². The summed E-state index contributed by atoms with van der Waals surface area (Å²) in [6.45, 7) is 7.18. The number of ketones is 1. The Morgan fingerprint density at radius 1 is 1.69 bits per heavy atom. The highest BCUT2D eigenvalue weighted by molar-refractivity contribution is 9.10. The first-order valence-electron chi connectivity index (χ1n) is 5.73. The molecule has 1 aromatic heterocycles. The fourth-order valence-corrected chi connectivity index (χ4v) is 2.56. The van der Waals surface area contributed by atoms with Crippen molar-refractivity contribution in [2.24, 2.45) is 11.3 Å². The molecular weight excluding hydrogens is 268 g/mol. The van der Waals surface area contributed by atoms with Gasteiger partial charge in [0, 0.05) is 12.5 Å². The summed E-state index contributed by atoms with van der Waals surface area (Å²) in [7, 11) is 0. The van der Waals surface area contributed by atoms with Crippen molar-refractivity contribution in [2.45, 2.75) is 40.2 Å². The van der Waals surface area contributed by atoms with Crippen LogP contribution in [0.3, 0.4) is 0 Å². The van der Waals surface area contributed by atoms with Crippen LogP contribution in [-0.2, 0) is 6.54 Å². The van der Waals surface area contributed by atoms with Crippen LogP contribution in [0.1, 0.15) is 44.1 Å². The zero-order valence-corrected chi connectivity index (χ0v) is 11.5. The topological polar surface area (TPSA) is 34.9 Å². The van der Waals surface area contributed by atoms with E-state index in [4.69, 9.17) is 0 Å². The number of aromatic nitrogens is 2. The second-order valence-corrected chi connectivity index (χ2v) is 6.03. The van der Waals surface area contributed by atoms with E-state index in [0.29, 0.717) is 0 Å². The van der Waals surface area contributed by atoms with Gasteiger partial charge in [-0.3, -0.25) is 9.48 Å². The standard InChI is InChI=1S/C12H17BrN2O/c1-4-5-15-10(9(13)7-14-15)11(16)8-6-12(8,2)3/h7-8H,4-6H2,1-3H3. The fraction of sp³-hybridized carbons (Fsp3) is 0.667. The van der Waals surface area contributed by atoms with Crippen molar-refractivity contribution in [3.8, 4) is 0 Å². The molecular formula is C12H17BrN2O. The Morgan fingerprint density at radius 2 is 2.31 bits per heavy atom. The number of Topliss-reactive ketones (excluding diaryl/α,β-unsaturated/α-hetero) is 1. The molecule has 0 radical (unpaired) electrons. The number of carbonyl (C=O) groups is 1. The Bertz CT molecular complexity index is 423. The van der Waals surface area contributed by atoms with Crippen molar-refractivity contribution >= 4 is 21.7 Å². The Morgan fingerprint density at radius 3 is 2.81 bits per heavy atom. The summed E-state index contributed by atoms with van der Waals surface area (Å²) in [5.41, 5.74) is 0.926.